The van der Waals surface area contributed by atoms with Crippen LogP contribution in [0.15, 0.2) is 4.79 Å². The Kier molecular flexibility index (Phi) is 3.10. The van der Waals surface area contributed by atoms with Crippen molar-refractivity contribution < 1.29 is 4.74 Å². The molecule has 1 rings (SSSR count). The lowest BCUT2D eigenvalue weighted by Crippen LogP contribution is -1.95. The molecule has 0 fully saturated rings. The molecule has 0 amide bonds. The SMILES string of the molecule is CCCCOc1n[nH]c(=O)s1. The highest BCUT2D eigenvalue weighted by atomic mass is 32.1. The van der Waals surface area contributed by atoms with Crippen LogP contribution in [0.5, 0.6) is 5.19 Å². The molecule has 1 N–H and O–H groups in total. The van der Waals surface area contributed by atoms with Crippen LogP contribution in [-0.4, -0.2) is 16.8 Å². The third kappa shape index (κ3) is 2.71. The van der Waals surface area contributed by atoms with Gasteiger partial charge in [-0.05, 0) is 17.8 Å². The van der Waals surface area contributed by atoms with Crippen LogP contribution in [0.1, 0.15) is 19.8 Å². The Hall–Kier alpha value is -0.840. The van der Waals surface area contributed by atoms with Gasteiger partial charge in [0.1, 0.15) is 0 Å². The van der Waals surface area contributed by atoms with Crippen molar-refractivity contribution in [2.75, 3.05) is 6.61 Å². The van der Waals surface area contributed by atoms with Crippen LogP contribution < -0.4 is 9.61 Å². The largest absolute Gasteiger partial charge is 0.469 e. The van der Waals surface area contributed by atoms with Crippen molar-refractivity contribution in [1.29, 1.82) is 0 Å². The number of aromatic nitrogens is 2. The number of aromatic amines is 1. The van der Waals surface area contributed by atoms with Crippen molar-refractivity contribution in [3.8, 4) is 5.19 Å². The molecule has 0 bridgehead atoms. The molecule has 0 radical (unpaired) electrons. The van der Waals surface area contributed by atoms with E-state index in [9.17, 15) is 4.79 Å². The highest BCUT2D eigenvalue weighted by Gasteiger charge is 1.97. The second kappa shape index (κ2) is 4.12. The average Bonchev–Trinajstić information content (AvgIpc) is 2.37. The zero-order chi connectivity index (χ0) is 8.10. The summed E-state index contributed by atoms with van der Waals surface area (Å²) in [6.07, 6.45) is 2.08. The molecular weight excluding hydrogens is 164 g/mol. The van der Waals surface area contributed by atoms with E-state index in [0.29, 0.717) is 11.8 Å². The van der Waals surface area contributed by atoms with E-state index in [1.54, 1.807) is 0 Å². The predicted molar refractivity (Wildman–Crippen MR) is 43.1 cm³/mol. The van der Waals surface area contributed by atoms with Gasteiger partial charge in [0.15, 0.2) is 0 Å². The maximum Gasteiger partial charge on any atom is 0.325 e. The van der Waals surface area contributed by atoms with Crippen molar-refractivity contribution in [2.24, 2.45) is 0 Å². The van der Waals surface area contributed by atoms with Gasteiger partial charge >= 0.3 is 4.87 Å². The second-order valence-corrected chi connectivity index (χ2v) is 3.01. The van der Waals surface area contributed by atoms with E-state index in [4.69, 9.17) is 4.74 Å². The van der Waals surface area contributed by atoms with Crippen LogP contribution in [0.2, 0.25) is 0 Å². The summed E-state index contributed by atoms with van der Waals surface area (Å²) in [5, 5.41) is 6.36. The summed E-state index contributed by atoms with van der Waals surface area (Å²) in [6, 6.07) is 0. The van der Waals surface area contributed by atoms with Crippen LogP contribution in [-0.2, 0) is 0 Å². The van der Waals surface area contributed by atoms with Gasteiger partial charge in [-0.25, -0.2) is 5.10 Å². The van der Waals surface area contributed by atoms with Crippen LogP contribution in [0.25, 0.3) is 0 Å². The molecule has 11 heavy (non-hydrogen) atoms. The molecule has 0 atom stereocenters. The van der Waals surface area contributed by atoms with Gasteiger partial charge in [-0.15, -0.1) is 5.10 Å². The molecule has 0 saturated heterocycles. The Morgan fingerprint density at radius 3 is 3.09 bits per heavy atom. The Morgan fingerprint density at radius 2 is 2.55 bits per heavy atom. The smallest absolute Gasteiger partial charge is 0.325 e. The molecule has 0 aliphatic heterocycles. The third-order valence-corrected chi connectivity index (χ3v) is 1.80. The molecule has 0 saturated carbocycles. The molecule has 0 spiro atoms. The van der Waals surface area contributed by atoms with Gasteiger partial charge < -0.3 is 4.74 Å². The minimum absolute atomic E-state index is 0.170. The number of rotatable bonds is 4. The van der Waals surface area contributed by atoms with E-state index in [1.807, 2.05) is 0 Å². The lowest BCUT2D eigenvalue weighted by atomic mass is 10.4. The zero-order valence-electron chi connectivity index (χ0n) is 6.29. The fourth-order valence-corrected chi connectivity index (χ4v) is 1.07. The molecule has 1 heterocycles. The first-order valence-corrected chi connectivity index (χ1v) is 4.33. The van der Waals surface area contributed by atoms with Crippen molar-refractivity contribution in [1.82, 2.24) is 10.2 Å². The molecule has 0 unspecified atom stereocenters. The Morgan fingerprint density at radius 1 is 1.73 bits per heavy atom. The third-order valence-electron chi connectivity index (χ3n) is 1.14. The number of nitrogens with one attached hydrogen (secondary N) is 1. The van der Waals surface area contributed by atoms with Crippen LogP contribution >= 0.6 is 11.3 Å². The highest BCUT2D eigenvalue weighted by Crippen LogP contribution is 2.07. The van der Waals surface area contributed by atoms with Gasteiger partial charge in [0.25, 0.3) is 5.19 Å². The molecule has 0 aliphatic carbocycles. The number of hydrogen-bond donors (Lipinski definition) is 1. The maximum atomic E-state index is 10.5. The van der Waals surface area contributed by atoms with E-state index in [-0.39, 0.29) is 4.87 Å². The number of nitrogens with zero attached hydrogens (tertiary/aromatic N) is 1. The fraction of sp³-hybridized carbons (Fsp3) is 0.667. The van der Waals surface area contributed by atoms with Crippen molar-refractivity contribution >= 4 is 11.3 Å². The summed E-state index contributed by atoms with van der Waals surface area (Å²) in [5.41, 5.74) is 0. The van der Waals surface area contributed by atoms with Crippen LogP contribution in [0.4, 0.5) is 0 Å². The number of hydrogen-bond acceptors (Lipinski definition) is 4. The molecule has 1 aromatic rings. The lowest BCUT2D eigenvalue weighted by Gasteiger charge is -1.96. The molecule has 0 aromatic carbocycles. The van der Waals surface area contributed by atoms with Gasteiger partial charge in [-0.1, -0.05) is 13.3 Å². The summed E-state index contributed by atoms with van der Waals surface area (Å²) in [5.74, 6) is 0. The quantitative estimate of drug-likeness (QED) is 0.693. The maximum absolute atomic E-state index is 10.5. The second-order valence-electron chi connectivity index (χ2n) is 2.08. The number of ether oxygens (including phenoxy) is 1. The summed E-state index contributed by atoms with van der Waals surface area (Å²) in [6.45, 7) is 2.72. The average molecular weight is 174 g/mol. The summed E-state index contributed by atoms with van der Waals surface area (Å²) >= 11 is 0.994. The van der Waals surface area contributed by atoms with Crippen LogP contribution in [0.3, 0.4) is 0 Å². The predicted octanol–water partition coefficient (Wildman–Crippen LogP) is 1.01. The molecule has 1 aromatic heterocycles. The number of unbranched alkanes of at least 4 members (excludes halogenated alkanes) is 1. The first-order chi connectivity index (χ1) is 5.33. The first-order valence-electron chi connectivity index (χ1n) is 3.51. The Bertz CT molecular complexity index is 255. The molecule has 62 valence electrons. The van der Waals surface area contributed by atoms with E-state index in [0.717, 1.165) is 24.2 Å². The van der Waals surface area contributed by atoms with E-state index in [1.165, 1.54) is 0 Å². The van der Waals surface area contributed by atoms with E-state index < -0.39 is 0 Å². The summed E-state index contributed by atoms with van der Waals surface area (Å²) in [4.78, 5) is 10.4. The minimum Gasteiger partial charge on any atom is -0.469 e. The molecule has 5 heteroatoms. The van der Waals surface area contributed by atoms with E-state index in [2.05, 4.69) is 17.1 Å². The van der Waals surface area contributed by atoms with Crippen molar-refractivity contribution in [3.05, 3.63) is 9.67 Å². The first kappa shape index (κ1) is 8.26. The number of H-pyrrole nitrogens is 1. The Balaban J connectivity index is 2.33. The molecule has 0 aliphatic rings. The van der Waals surface area contributed by atoms with Gasteiger partial charge in [-0.2, -0.15) is 0 Å². The van der Waals surface area contributed by atoms with Crippen LogP contribution in [0, 0.1) is 0 Å². The summed E-state index contributed by atoms with van der Waals surface area (Å²) in [7, 11) is 0. The molecule has 4 nitrogen and oxygen atoms in total. The lowest BCUT2D eigenvalue weighted by molar-refractivity contribution is 0.305. The minimum atomic E-state index is -0.170. The van der Waals surface area contributed by atoms with Gasteiger partial charge in [0.2, 0.25) is 0 Å². The van der Waals surface area contributed by atoms with E-state index >= 15 is 0 Å². The topological polar surface area (TPSA) is 55.0 Å². The zero-order valence-corrected chi connectivity index (χ0v) is 7.11. The normalized spacial score (nSPS) is 9.91. The van der Waals surface area contributed by atoms with Gasteiger partial charge in [0, 0.05) is 0 Å². The van der Waals surface area contributed by atoms with Gasteiger partial charge in [-0.3, -0.25) is 4.79 Å². The highest BCUT2D eigenvalue weighted by molar-refractivity contribution is 7.10. The van der Waals surface area contributed by atoms with Crippen molar-refractivity contribution in [2.45, 2.75) is 19.8 Å². The Labute approximate surface area is 68.2 Å². The standard InChI is InChI=1S/C6H10N2O2S/c1-2-3-4-10-6-8-7-5(9)11-6/h2-4H2,1H3,(H,7,9). The fourth-order valence-electron chi connectivity index (χ4n) is 0.582. The van der Waals surface area contributed by atoms with Crippen molar-refractivity contribution in [3.63, 3.8) is 0 Å². The monoisotopic (exact) mass is 174 g/mol. The summed E-state index contributed by atoms with van der Waals surface area (Å²) < 4.78 is 5.14. The molecular formula is C6H10N2O2S. The van der Waals surface area contributed by atoms with Gasteiger partial charge in [0.05, 0.1) is 6.61 Å².